The first-order chi connectivity index (χ1) is 16.2. The van der Waals surface area contributed by atoms with Gasteiger partial charge < -0.3 is 15.4 Å². The van der Waals surface area contributed by atoms with E-state index in [4.69, 9.17) is 21.5 Å². The van der Waals surface area contributed by atoms with E-state index in [1.54, 1.807) is 30.3 Å². The first-order valence-electron chi connectivity index (χ1n) is 11.0. The number of halogens is 1. The van der Waals surface area contributed by atoms with E-state index in [1.165, 1.54) is 12.1 Å². The van der Waals surface area contributed by atoms with Gasteiger partial charge in [-0.05, 0) is 67.2 Å². The van der Waals surface area contributed by atoms with Crippen LogP contribution in [-0.2, 0) is 30.8 Å². The van der Waals surface area contributed by atoms with E-state index in [9.17, 15) is 18.0 Å². The molecule has 4 N–H and O–H groups in total. The second-order valence-corrected chi connectivity index (χ2v) is 10.5. The second-order valence-electron chi connectivity index (χ2n) is 8.54. The molecule has 1 saturated heterocycles. The highest BCUT2D eigenvalue weighted by Crippen LogP contribution is 2.31. The largest absolute Gasteiger partial charge is 0.483 e. The van der Waals surface area contributed by atoms with Gasteiger partial charge in [0.1, 0.15) is 6.10 Å². The van der Waals surface area contributed by atoms with Crippen LogP contribution >= 0.6 is 11.6 Å². The lowest BCUT2D eigenvalue weighted by atomic mass is 9.82. The molecule has 2 aliphatic rings. The number of ether oxygens (including phenoxy) is 1. The van der Waals surface area contributed by atoms with Gasteiger partial charge in [-0.25, -0.2) is 13.6 Å². The van der Waals surface area contributed by atoms with Crippen LogP contribution in [0, 0.1) is 5.92 Å². The number of primary sulfonamides is 1. The van der Waals surface area contributed by atoms with Crippen molar-refractivity contribution in [2.45, 2.75) is 42.7 Å². The van der Waals surface area contributed by atoms with E-state index >= 15 is 0 Å². The van der Waals surface area contributed by atoms with Gasteiger partial charge in [-0.1, -0.05) is 35.9 Å². The van der Waals surface area contributed by atoms with Gasteiger partial charge in [-0.15, -0.1) is 0 Å². The zero-order valence-electron chi connectivity index (χ0n) is 18.4. The molecular formula is C24H26ClN3O5S. The quantitative estimate of drug-likeness (QED) is 0.521. The van der Waals surface area contributed by atoms with Crippen molar-refractivity contribution in [3.8, 4) is 0 Å². The van der Waals surface area contributed by atoms with E-state index in [0.29, 0.717) is 37.3 Å². The van der Waals surface area contributed by atoms with Crippen LogP contribution in [-0.4, -0.2) is 38.9 Å². The summed E-state index contributed by atoms with van der Waals surface area (Å²) in [4.78, 5) is 25.3. The number of sulfonamides is 1. The average molecular weight is 504 g/mol. The molecule has 1 heterocycles. The van der Waals surface area contributed by atoms with Crippen molar-refractivity contribution in [2.24, 2.45) is 11.1 Å². The summed E-state index contributed by atoms with van der Waals surface area (Å²) in [6.07, 6.45) is 3.89. The molecule has 0 bridgehead atoms. The fraction of sp³-hybridized carbons (Fsp3) is 0.333. The molecule has 1 aliphatic heterocycles. The van der Waals surface area contributed by atoms with Crippen LogP contribution < -0.4 is 15.8 Å². The van der Waals surface area contributed by atoms with E-state index in [2.05, 4.69) is 10.6 Å². The average Bonchev–Trinajstić information content (AvgIpc) is 2.79. The van der Waals surface area contributed by atoms with E-state index in [-0.39, 0.29) is 40.5 Å². The third-order valence-corrected chi connectivity index (χ3v) is 7.25. The van der Waals surface area contributed by atoms with Crippen molar-refractivity contribution in [1.29, 1.82) is 0 Å². The molecule has 1 aliphatic carbocycles. The van der Waals surface area contributed by atoms with E-state index in [1.807, 2.05) is 12.1 Å². The van der Waals surface area contributed by atoms with Gasteiger partial charge in [0.05, 0.1) is 10.9 Å². The van der Waals surface area contributed by atoms with Gasteiger partial charge in [0, 0.05) is 17.5 Å². The Hall–Kier alpha value is -2.88. The molecule has 8 nitrogen and oxygen atoms in total. The van der Waals surface area contributed by atoms with Crippen LogP contribution in [0.5, 0.6) is 0 Å². The summed E-state index contributed by atoms with van der Waals surface area (Å²) in [5.41, 5.74) is 1.67. The molecule has 0 aromatic heterocycles. The van der Waals surface area contributed by atoms with Gasteiger partial charge in [-0.3, -0.25) is 9.59 Å². The Morgan fingerprint density at radius 1 is 1.21 bits per heavy atom. The SMILES string of the molecule is NS(=O)(=O)c1ccc(CCNC(=O)C2CCC3O/C(=C\c4cccc(Cl)c4)C(=O)NC3C2)cc1. The molecule has 1 saturated carbocycles. The summed E-state index contributed by atoms with van der Waals surface area (Å²) in [5, 5.41) is 11.6. The van der Waals surface area contributed by atoms with Gasteiger partial charge in [0.25, 0.3) is 5.91 Å². The maximum atomic E-state index is 12.7. The molecule has 4 rings (SSSR count). The molecule has 0 radical (unpaired) electrons. The normalized spacial score (nSPS) is 23.5. The lowest BCUT2D eigenvalue weighted by molar-refractivity contribution is -0.134. The predicted molar refractivity (Wildman–Crippen MR) is 128 cm³/mol. The number of benzene rings is 2. The zero-order chi connectivity index (χ0) is 24.3. The molecule has 10 heteroatoms. The minimum atomic E-state index is -3.72. The lowest BCUT2D eigenvalue weighted by Gasteiger charge is -2.39. The fourth-order valence-corrected chi connectivity index (χ4v) is 5.01. The first kappa shape index (κ1) is 24.3. The standard InChI is InChI=1S/C24H26ClN3O5S/c25-18-3-1-2-16(12-18)13-22-24(30)28-20-14-17(6-9-21(20)33-22)23(29)27-11-10-15-4-7-19(8-5-15)34(26,31)32/h1-5,7-8,12-13,17,20-21H,6,9-11,14H2,(H,27,29)(H,28,30)(H2,26,31,32)/b22-13-. The maximum absolute atomic E-state index is 12.7. The Kier molecular flexibility index (Phi) is 7.25. The number of fused-ring (bicyclic) bond motifs is 1. The Balaban J connectivity index is 1.28. The number of amides is 2. The molecular weight excluding hydrogens is 478 g/mol. The molecule has 2 aromatic rings. The summed E-state index contributed by atoms with van der Waals surface area (Å²) in [6, 6.07) is 13.2. The fourth-order valence-electron chi connectivity index (χ4n) is 4.30. The minimum Gasteiger partial charge on any atom is -0.483 e. The third kappa shape index (κ3) is 5.97. The van der Waals surface area contributed by atoms with Crippen molar-refractivity contribution in [1.82, 2.24) is 10.6 Å². The Labute approximate surface area is 203 Å². The molecule has 34 heavy (non-hydrogen) atoms. The van der Waals surface area contributed by atoms with Crippen molar-refractivity contribution >= 4 is 39.5 Å². The number of nitrogens with two attached hydrogens (primary N) is 1. The Morgan fingerprint density at radius 2 is 1.97 bits per heavy atom. The molecule has 2 fully saturated rings. The molecule has 3 atom stereocenters. The summed E-state index contributed by atoms with van der Waals surface area (Å²) < 4.78 is 28.6. The zero-order valence-corrected chi connectivity index (χ0v) is 19.9. The van der Waals surface area contributed by atoms with Crippen LogP contribution in [0.4, 0.5) is 0 Å². The predicted octanol–water partition coefficient (Wildman–Crippen LogP) is 2.37. The number of nitrogens with one attached hydrogen (secondary N) is 2. The van der Waals surface area contributed by atoms with E-state index in [0.717, 1.165) is 11.1 Å². The molecule has 2 aromatic carbocycles. The van der Waals surface area contributed by atoms with Gasteiger partial charge in [-0.2, -0.15) is 0 Å². The third-order valence-electron chi connectivity index (χ3n) is 6.09. The van der Waals surface area contributed by atoms with Gasteiger partial charge in [0.2, 0.25) is 15.9 Å². The summed E-state index contributed by atoms with van der Waals surface area (Å²) in [7, 11) is -3.72. The Bertz CT molecular complexity index is 1210. The van der Waals surface area contributed by atoms with Crippen LogP contribution in [0.2, 0.25) is 5.02 Å². The monoisotopic (exact) mass is 503 g/mol. The van der Waals surface area contributed by atoms with Crippen LogP contribution in [0.3, 0.4) is 0 Å². The smallest absolute Gasteiger partial charge is 0.286 e. The van der Waals surface area contributed by atoms with Crippen molar-refractivity contribution < 1.29 is 22.7 Å². The first-order valence-corrected chi connectivity index (χ1v) is 13.0. The minimum absolute atomic E-state index is 0.0550. The van der Waals surface area contributed by atoms with E-state index < -0.39 is 10.0 Å². The highest BCUT2D eigenvalue weighted by Gasteiger charge is 2.40. The topological polar surface area (TPSA) is 128 Å². The van der Waals surface area contributed by atoms with Gasteiger partial charge >= 0.3 is 0 Å². The summed E-state index contributed by atoms with van der Waals surface area (Å²) >= 11 is 6.01. The molecule has 180 valence electrons. The lowest BCUT2D eigenvalue weighted by Crippen LogP contribution is -2.54. The van der Waals surface area contributed by atoms with Gasteiger partial charge in [0.15, 0.2) is 5.76 Å². The van der Waals surface area contributed by atoms with Crippen LogP contribution in [0.25, 0.3) is 6.08 Å². The number of carbonyl (C=O) groups excluding carboxylic acids is 2. The molecule has 0 spiro atoms. The Morgan fingerprint density at radius 3 is 2.68 bits per heavy atom. The number of rotatable bonds is 6. The number of hydrogen-bond acceptors (Lipinski definition) is 5. The summed E-state index contributed by atoms with van der Waals surface area (Å²) in [6.45, 7) is 0.424. The number of carbonyl (C=O) groups is 2. The second kappa shape index (κ2) is 10.2. The van der Waals surface area contributed by atoms with Crippen molar-refractivity contribution in [3.63, 3.8) is 0 Å². The highest BCUT2D eigenvalue weighted by atomic mass is 35.5. The van der Waals surface area contributed by atoms with Crippen molar-refractivity contribution in [2.75, 3.05) is 6.54 Å². The van der Waals surface area contributed by atoms with Crippen LogP contribution in [0.1, 0.15) is 30.4 Å². The molecule has 3 unspecified atom stereocenters. The van der Waals surface area contributed by atoms with Crippen LogP contribution in [0.15, 0.2) is 59.2 Å². The van der Waals surface area contributed by atoms with Crippen molar-refractivity contribution in [3.05, 3.63) is 70.4 Å². The summed E-state index contributed by atoms with van der Waals surface area (Å²) in [5.74, 6) is -0.326. The number of morpholine rings is 1. The molecule has 2 amide bonds. The highest BCUT2D eigenvalue weighted by molar-refractivity contribution is 7.89. The maximum Gasteiger partial charge on any atom is 0.286 e. The number of hydrogen-bond donors (Lipinski definition) is 3.